The van der Waals surface area contributed by atoms with Gasteiger partial charge in [-0.05, 0) is 68.4 Å². The zero-order chi connectivity index (χ0) is 12.5. The summed E-state index contributed by atoms with van der Waals surface area (Å²) in [6.45, 7) is 5.31. The molecule has 0 saturated heterocycles. The summed E-state index contributed by atoms with van der Waals surface area (Å²) in [6.07, 6.45) is 7.24. The van der Waals surface area contributed by atoms with Gasteiger partial charge >= 0.3 is 0 Å². The Kier molecular flexibility index (Phi) is 3.66. The van der Waals surface area contributed by atoms with E-state index in [0.29, 0.717) is 6.04 Å². The Hall–Kier alpha value is -0.480. The second-order valence-corrected chi connectivity index (χ2v) is 6.79. The molecule has 2 aliphatic rings. The summed E-state index contributed by atoms with van der Waals surface area (Å²) in [4.78, 5) is 1.36. The maximum absolute atomic E-state index is 4.17. The maximum Gasteiger partial charge on any atom is 0.0772 e. The zero-order valence-electron chi connectivity index (χ0n) is 11.4. The van der Waals surface area contributed by atoms with Crippen LogP contribution in [-0.4, -0.2) is 16.1 Å². The molecule has 0 aliphatic heterocycles. The molecule has 0 amide bonds. The van der Waals surface area contributed by atoms with E-state index in [1.807, 2.05) is 0 Å². The fourth-order valence-electron chi connectivity index (χ4n) is 4.05. The predicted molar refractivity (Wildman–Crippen MR) is 74.6 cm³/mol. The minimum absolute atomic E-state index is 0.486. The van der Waals surface area contributed by atoms with Crippen molar-refractivity contribution in [2.45, 2.75) is 52.0 Å². The second kappa shape index (κ2) is 5.25. The molecule has 2 saturated carbocycles. The van der Waals surface area contributed by atoms with Gasteiger partial charge in [-0.15, -0.1) is 5.10 Å². The molecule has 0 radical (unpaired) electrons. The molecule has 1 aromatic rings. The molecule has 100 valence electrons. The van der Waals surface area contributed by atoms with Gasteiger partial charge < -0.3 is 5.32 Å². The highest BCUT2D eigenvalue weighted by Gasteiger charge is 2.40. The van der Waals surface area contributed by atoms with Crippen LogP contribution in [0.1, 0.15) is 55.6 Å². The molecule has 1 aromatic heterocycles. The highest BCUT2D eigenvalue weighted by Crippen LogP contribution is 2.51. The summed E-state index contributed by atoms with van der Waals surface area (Å²) in [5.74, 6) is 3.00. The van der Waals surface area contributed by atoms with E-state index < -0.39 is 0 Å². The van der Waals surface area contributed by atoms with Crippen LogP contribution in [0.15, 0.2) is 0 Å². The van der Waals surface area contributed by atoms with Crippen molar-refractivity contribution in [1.29, 1.82) is 0 Å². The predicted octanol–water partition coefficient (Wildman–Crippen LogP) is 3.32. The van der Waals surface area contributed by atoms with Crippen molar-refractivity contribution in [3.8, 4) is 0 Å². The first-order chi connectivity index (χ1) is 8.78. The van der Waals surface area contributed by atoms with E-state index in [1.165, 1.54) is 37.0 Å². The lowest BCUT2D eigenvalue weighted by Crippen LogP contribution is -2.25. The highest BCUT2D eigenvalue weighted by atomic mass is 32.1. The molecule has 2 fully saturated rings. The molecule has 2 bridgehead atoms. The molecule has 3 nitrogen and oxygen atoms in total. The molecule has 18 heavy (non-hydrogen) atoms. The minimum Gasteiger partial charge on any atom is -0.309 e. The van der Waals surface area contributed by atoms with E-state index in [0.717, 1.165) is 30.0 Å². The van der Waals surface area contributed by atoms with Crippen LogP contribution >= 0.6 is 11.5 Å². The fourth-order valence-corrected chi connectivity index (χ4v) is 4.79. The van der Waals surface area contributed by atoms with Crippen LogP contribution in [0.5, 0.6) is 0 Å². The van der Waals surface area contributed by atoms with Gasteiger partial charge in [0.2, 0.25) is 0 Å². The lowest BCUT2D eigenvalue weighted by molar-refractivity contribution is 0.281. The first kappa shape index (κ1) is 12.5. The number of nitrogens with zero attached hydrogens (tertiary/aromatic N) is 2. The summed E-state index contributed by atoms with van der Waals surface area (Å²) >= 11 is 1.58. The van der Waals surface area contributed by atoms with Crippen molar-refractivity contribution < 1.29 is 0 Å². The van der Waals surface area contributed by atoms with E-state index in [9.17, 15) is 0 Å². The largest absolute Gasteiger partial charge is 0.309 e. The standard InChI is InChI=1S/C14H23N3S/c1-3-15-13(14-9(2)16-17-18-14)8-12-7-10-4-5-11(12)6-10/h10-13,15H,3-8H2,1-2H3. The van der Waals surface area contributed by atoms with Crippen LogP contribution in [0, 0.1) is 24.7 Å². The van der Waals surface area contributed by atoms with Crippen molar-refractivity contribution in [1.82, 2.24) is 14.9 Å². The van der Waals surface area contributed by atoms with Gasteiger partial charge in [0.05, 0.1) is 10.6 Å². The monoisotopic (exact) mass is 265 g/mol. The molecule has 4 unspecified atom stereocenters. The third kappa shape index (κ3) is 2.32. The minimum atomic E-state index is 0.486. The second-order valence-electron chi connectivity index (χ2n) is 6.00. The van der Waals surface area contributed by atoms with Crippen LogP contribution in [0.2, 0.25) is 0 Å². The highest BCUT2D eigenvalue weighted by molar-refractivity contribution is 7.05. The number of aromatic nitrogens is 2. The van der Waals surface area contributed by atoms with Gasteiger partial charge in [-0.3, -0.25) is 0 Å². The summed E-state index contributed by atoms with van der Waals surface area (Å²) in [7, 11) is 0. The molecule has 1 heterocycles. The summed E-state index contributed by atoms with van der Waals surface area (Å²) in [6, 6.07) is 0.486. The van der Waals surface area contributed by atoms with Gasteiger partial charge in [-0.2, -0.15) is 0 Å². The molecule has 0 aromatic carbocycles. The molecule has 4 heteroatoms. The van der Waals surface area contributed by atoms with Crippen molar-refractivity contribution in [2.75, 3.05) is 6.54 Å². The Balaban J connectivity index is 1.69. The lowest BCUT2D eigenvalue weighted by atomic mass is 9.84. The number of fused-ring (bicyclic) bond motifs is 2. The summed E-state index contributed by atoms with van der Waals surface area (Å²) in [5, 5.41) is 7.81. The smallest absolute Gasteiger partial charge is 0.0772 e. The van der Waals surface area contributed by atoms with Crippen molar-refractivity contribution in [3.63, 3.8) is 0 Å². The molecule has 1 N–H and O–H groups in total. The normalized spacial score (nSPS) is 32.0. The SMILES string of the molecule is CCNC(CC1CC2CCC1C2)c1snnc1C. The van der Waals surface area contributed by atoms with Crippen molar-refractivity contribution >= 4 is 11.5 Å². The van der Waals surface area contributed by atoms with Crippen LogP contribution < -0.4 is 5.32 Å². The van der Waals surface area contributed by atoms with Crippen molar-refractivity contribution in [3.05, 3.63) is 10.6 Å². The average Bonchev–Trinajstić information content (AvgIpc) is 3.04. The number of hydrogen-bond donors (Lipinski definition) is 1. The van der Waals surface area contributed by atoms with Gasteiger partial charge in [0.25, 0.3) is 0 Å². The van der Waals surface area contributed by atoms with E-state index >= 15 is 0 Å². The van der Waals surface area contributed by atoms with Gasteiger partial charge in [0.15, 0.2) is 0 Å². The van der Waals surface area contributed by atoms with Gasteiger partial charge in [-0.25, -0.2) is 0 Å². The van der Waals surface area contributed by atoms with E-state index in [2.05, 4.69) is 28.8 Å². The Morgan fingerprint density at radius 1 is 1.39 bits per heavy atom. The first-order valence-corrected chi connectivity index (χ1v) is 8.07. The zero-order valence-corrected chi connectivity index (χ0v) is 12.2. The number of aryl methyl sites for hydroxylation is 1. The first-order valence-electron chi connectivity index (χ1n) is 7.30. The fraction of sp³-hybridized carbons (Fsp3) is 0.857. The molecule has 0 spiro atoms. The molecular weight excluding hydrogens is 242 g/mol. The van der Waals surface area contributed by atoms with Crippen LogP contribution in [0.4, 0.5) is 0 Å². The quantitative estimate of drug-likeness (QED) is 0.887. The number of rotatable bonds is 5. The number of hydrogen-bond acceptors (Lipinski definition) is 4. The van der Waals surface area contributed by atoms with Gasteiger partial charge in [0, 0.05) is 6.04 Å². The summed E-state index contributed by atoms with van der Waals surface area (Å²) in [5.41, 5.74) is 1.12. The maximum atomic E-state index is 4.17. The van der Waals surface area contributed by atoms with Crippen LogP contribution in [0.25, 0.3) is 0 Å². The van der Waals surface area contributed by atoms with Crippen molar-refractivity contribution in [2.24, 2.45) is 17.8 Å². The van der Waals surface area contributed by atoms with Gasteiger partial charge in [-0.1, -0.05) is 17.8 Å². The van der Waals surface area contributed by atoms with E-state index in [-0.39, 0.29) is 0 Å². The van der Waals surface area contributed by atoms with E-state index in [4.69, 9.17) is 0 Å². The Labute approximate surface area is 114 Å². The molecule has 2 aliphatic carbocycles. The Bertz CT molecular complexity index is 403. The third-order valence-corrected chi connectivity index (χ3v) is 5.82. The Morgan fingerprint density at radius 3 is 2.83 bits per heavy atom. The molecular formula is C14H23N3S. The topological polar surface area (TPSA) is 37.8 Å². The third-order valence-electron chi connectivity index (χ3n) is 4.88. The summed E-state index contributed by atoms with van der Waals surface area (Å²) < 4.78 is 4.10. The van der Waals surface area contributed by atoms with Gasteiger partial charge in [0.1, 0.15) is 0 Å². The molecule has 3 rings (SSSR count). The molecule has 4 atom stereocenters. The lowest BCUT2D eigenvalue weighted by Gasteiger charge is -2.26. The Morgan fingerprint density at radius 2 is 2.28 bits per heavy atom. The average molecular weight is 265 g/mol. The number of nitrogens with one attached hydrogen (secondary N) is 1. The van der Waals surface area contributed by atoms with Crippen LogP contribution in [-0.2, 0) is 0 Å². The van der Waals surface area contributed by atoms with Crippen LogP contribution in [0.3, 0.4) is 0 Å². The van der Waals surface area contributed by atoms with E-state index in [1.54, 1.807) is 11.5 Å².